The molecule has 0 unspecified atom stereocenters. The molecule has 0 saturated carbocycles. The minimum absolute atomic E-state index is 0.00119. The fraction of sp³-hybridized carbons (Fsp3) is 0.286. The van der Waals surface area contributed by atoms with Crippen molar-refractivity contribution in [1.82, 2.24) is 14.7 Å². The summed E-state index contributed by atoms with van der Waals surface area (Å²) in [5.41, 5.74) is 1.13. The molecule has 3 aromatic rings. The Labute approximate surface area is 129 Å². The highest BCUT2D eigenvalue weighted by Gasteiger charge is 2.20. The third-order valence-corrected chi connectivity index (χ3v) is 4.40. The summed E-state index contributed by atoms with van der Waals surface area (Å²) in [7, 11) is 1.62. The van der Waals surface area contributed by atoms with Gasteiger partial charge in [-0.3, -0.25) is 4.79 Å². The summed E-state index contributed by atoms with van der Waals surface area (Å²) >= 11 is 1.15. The van der Waals surface area contributed by atoms with Crippen LogP contribution in [0.25, 0.3) is 10.2 Å². The zero-order valence-electron chi connectivity index (χ0n) is 12.2. The lowest BCUT2D eigenvalue weighted by Gasteiger charge is -2.01. The number of thiophene rings is 1. The fourth-order valence-corrected chi connectivity index (χ4v) is 3.12. The number of fused-ring (bicyclic) bond motifs is 1. The molecule has 0 aliphatic heterocycles. The van der Waals surface area contributed by atoms with E-state index in [1.54, 1.807) is 27.0 Å². The predicted molar refractivity (Wildman–Crippen MR) is 80.0 cm³/mol. The SMILES string of the molecule is Cc1cc(COC(=O)c2sc3ncn(C)c(=O)c3c2C)on1. The maximum atomic E-state index is 12.2. The van der Waals surface area contributed by atoms with E-state index in [0.717, 1.165) is 17.0 Å². The smallest absolute Gasteiger partial charge is 0.349 e. The summed E-state index contributed by atoms with van der Waals surface area (Å²) in [5, 5.41) is 4.18. The Bertz CT molecular complexity index is 922. The van der Waals surface area contributed by atoms with Crippen molar-refractivity contribution in [2.24, 2.45) is 7.05 Å². The van der Waals surface area contributed by atoms with Crippen LogP contribution in [-0.2, 0) is 18.4 Å². The summed E-state index contributed by atoms with van der Waals surface area (Å²) in [4.78, 5) is 29.4. The van der Waals surface area contributed by atoms with Crippen LogP contribution >= 0.6 is 11.3 Å². The van der Waals surface area contributed by atoms with E-state index in [0.29, 0.717) is 26.4 Å². The second kappa shape index (κ2) is 5.38. The molecule has 8 heteroatoms. The van der Waals surface area contributed by atoms with Crippen molar-refractivity contribution in [2.75, 3.05) is 0 Å². The van der Waals surface area contributed by atoms with Crippen LogP contribution in [0, 0.1) is 13.8 Å². The maximum absolute atomic E-state index is 12.2. The first-order valence-corrected chi connectivity index (χ1v) is 7.33. The zero-order valence-corrected chi connectivity index (χ0v) is 13.1. The first-order valence-electron chi connectivity index (χ1n) is 6.51. The number of carbonyl (C=O) groups is 1. The molecule has 0 spiro atoms. The van der Waals surface area contributed by atoms with Gasteiger partial charge in [-0.05, 0) is 19.4 Å². The van der Waals surface area contributed by atoms with Gasteiger partial charge in [0.2, 0.25) is 0 Å². The van der Waals surface area contributed by atoms with E-state index in [-0.39, 0.29) is 12.2 Å². The van der Waals surface area contributed by atoms with Gasteiger partial charge in [-0.25, -0.2) is 9.78 Å². The summed E-state index contributed by atoms with van der Waals surface area (Å²) in [6, 6.07) is 1.70. The van der Waals surface area contributed by atoms with Gasteiger partial charge in [0.15, 0.2) is 12.4 Å². The van der Waals surface area contributed by atoms with Crippen LogP contribution in [-0.4, -0.2) is 20.7 Å². The molecule has 0 N–H and O–H groups in total. The number of ether oxygens (including phenoxy) is 1. The molecule has 0 aromatic carbocycles. The van der Waals surface area contributed by atoms with Crippen molar-refractivity contribution in [3.8, 4) is 0 Å². The van der Waals surface area contributed by atoms with Gasteiger partial charge in [0.05, 0.1) is 17.4 Å². The van der Waals surface area contributed by atoms with Gasteiger partial charge in [0, 0.05) is 13.1 Å². The quantitative estimate of drug-likeness (QED) is 0.686. The number of hydrogen-bond donors (Lipinski definition) is 0. The van der Waals surface area contributed by atoms with Gasteiger partial charge < -0.3 is 13.8 Å². The standard InChI is InChI=1S/C14H13N3O4S/c1-7-4-9(21-16-7)5-20-14(19)11-8(2)10-12(22-11)15-6-17(3)13(10)18/h4,6H,5H2,1-3H3. The highest BCUT2D eigenvalue weighted by atomic mass is 32.1. The minimum Gasteiger partial charge on any atom is -0.453 e. The van der Waals surface area contributed by atoms with E-state index in [1.165, 1.54) is 10.9 Å². The van der Waals surface area contributed by atoms with Crippen molar-refractivity contribution >= 4 is 27.5 Å². The Balaban J connectivity index is 1.89. The van der Waals surface area contributed by atoms with E-state index in [4.69, 9.17) is 9.26 Å². The van der Waals surface area contributed by atoms with Crippen molar-refractivity contribution < 1.29 is 14.1 Å². The number of aromatic nitrogens is 3. The lowest BCUT2D eigenvalue weighted by Crippen LogP contribution is -2.16. The molecule has 0 amide bonds. The monoisotopic (exact) mass is 319 g/mol. The number of aryl methyl sites for hydroxylation is 3. The summed E-state index contributed by atoms with van der Waals surface area (Å²) in [6.45, 7) is 3.50. The Hall–Kier alpha value is -2.48. The largest absolute Gasteiger partial charge is 0.453 e. The van der Waals surface area contributed by atoms with Crippen LogP contribution in [0.1, 0.15) is 26.7 Å². The van der Waals surface area contributed by atoms with E-state index in [9.17, 15) is 9.59 Å². The highest BCUT2D eigenvalue weighted by Crippen LogP contribution is 2.27. The predicted octanol–water partition coefficient (Wildman–Crippen LogP) is 1.96. The second-order valence-electron chi connectivity index (χ2n) is 4.91. The molecular weight excluding hydrogens is 306 g/mol. The number of carbonyl (C=O) groups excluding carboxylic acids is 1. The summed E-state index contributed by atoms with van der Waals surface area (Å²) < 4.78 is 11.6. The van der Waals surface area contributed by atoms with Crippen molar-refractivity contribution in [1.29, 1.82) is 0 Å². The molecule has 0 saturated heterocycles. The Morgan fingerprint density at radius 3 is 2.91 bits per heavy atom. The van der Waals surface area contributed by atoms with Gasteiger partial charge >= 0.3 is 5.97 Å². The van der Waals surface area contributed by atoms with Crippen LogP contribution in [0.5, 0.6) is 0 Å². The lowest BCUT2D eigenvalue weighted by molar-refractivity contribution is 0.0442. The molecule has 0 aliphatic carbocycles. The molecule has 3 rings (SSSR count). The molecule has 0 atom stereocenters. The Morgan fingerprint density at radius 1 is 1.45 bits per heavy atom. The molecule has 3 aromatic heterocycles. The molecule has 0 bridgehead atoms. The first kappa shape index (κ1) is 14.5. The van der Waals surface area contributed by atoms with Crippen LogP contribution < -0.4 is 5.56 Å². The van der Waals surface area contributed by atoms with E-state index >= 15 is 0 Å². The molecule has 7 nitrogen and oxygen atoms in total. The molecule has 0 fully saturated rings. The summed E-state index contributed by atoms with van der Waals surface area (Å²) in [6.07, 6.45) is 1.44. The zero-order chi connectivity index (χ0) is 15.9. The number of rotatable bonds is 3. The van der Waals surface area contributed by atoms with Gasteiger partial charge in [-0.1, -0.05) is 5.16 Å². The minimum atomic E-state index is -0.503. The summed E-state index contributed by atoms with van der Waals surface area (Å²) in [5.74, 6) is -0.0322. The lowest BCUT2D eigenvalue weighted by atomic mass is 10.2. The van der Waals surface area contributed by atoms with E-state index in [2.05, 4.69) is 10.1 Å². The molecule has 0 aliphatic rings. The molecule has 114 valence electrons. The molecular formula is C14H13N3O4S. The van der Waals surface area contributed by atoms with Gasteiger partial charge in [0.25, 0.3) is 5.56 Å². The number of hydrogen-bond acceptors (Lipinski definition) is 7. The van der Waals surface area contributed by atoms with Gasteiger partial charge in [-0.15, -0.1) is 11.3 Å². The Morgan fingerprint density at radius 2 is 2.23 bits per heavy atom. The number of esters is 1. The average molecular weight is 319 g/mol. The maximum Gasteiger partial charge on any atom is 0.349 e. The van der Waals surface area contributed by atoms with Crippen LogP contribution in [0.2, 0.25) is 0 Å². The second-order valence-corrected chi connectivity index (χ2v) is 5.91. The van der Waals surface area contributed by atoms with Crippen LogP contribution in [0.4, 0.5) is 0 Å². The molecule has 22 heavy (non-hydrogen) atoms. The third-order valence-electron chi connectivity index (χ3n) is 3.22. The van der Waals surface area contributed by atoms with Crippen molar-refractivity contribution in [2.45, 2.75) is 20.5 Å². The van der Waals surface area contributed by atoms with Crippen LogP contribution in [0.15, 0.2) is 21.7 Å². The topological polar surface area (TPSA) is 87.2 Å². The van der Waals surface area contributed by atoms with Crippen molar-refractivity contribution in [3.63, 3.8) is 0 Å². The average Bonchev–Trinajstić information content (AvgIpc) is 3.05. The van der Waals surface area contributed by atoms with Crippen molar-refractivity contribution in [3.05, 3.63) is 44.6 Å². The van der Waals surface area contributed by atoms with Gasteiger partial charge in [-0.2, -0.15) is 0 Å². The first-order chi connectivity index (χ1) is 10.5. The van der Waals surface area contributed by atoms with Gasteiger partial charge in [0.1, 0.15) is 9.71 Å². The highest BCUT2D eigenvalue weighted by molar-refractivity contribution is 7.20. The van der Waals surface area contributed by atoms with E-state index < -0.39 is 5.97 Å². The van der Waals surface area contributed by atoms with E-state index in [1.807, 2.05) is 0 Å². The normalized spacial score (nSPS) is 11.0. The fourth-order valence-electron chi connectivity index (χ4n) is 2.09. The molecule has 0 radical (unpaired) electrons. The van der Waals surface area contributed by atoms with Crippen LogP contribution in [0.3, 0.4) is 0 Å². The Kier molecular flexibility index (Phi) is 3.53. The molecule has 3 heterocycles. The third kappa shape index (κ3) is 2.41. The number of nitrogens with zero attached hydrogens (tertiary/aromatic N) is 3.